The Labute approximate surface area is 164 Å². The molecule has 0 unspecified atom stereocenters. The van der Waals surface area contributed by atoms with Crippen molar-refractivity contribution in [2.75, 3.05) is 0 Å². The number of hydrogen-bond donors (Lipinski definition) is 0. The van der Waals surface area contributed by atoms with Gasteiger partial charge in [0.05, 0.1) is 11.4 Å². The summed E-state index contributed by atoms with van der Waals surface area (Å²) in [4.78, 5) is 22.6. The number of aromatic nitrogens is 5. The maximum absolute atomic E-state index is 4.78. The molecule has 4 rings (SSSR count). The first-order chi connectivity index (χ1) is 13.8. The third-order valence-corrected chi connectivity index (χ3v) is 4.42. The Kier molecular flexibility index (Phi) is 5.43. The number of aryl methyl sites for hydroxylation is 3. The summed E-state index contributed by atoms with van der Waals surface area (Å²) < 4.78 is 0. The van der Waals surface area contributed by atoms with Gasteiger partial charge >= 0.3 is 0 Å². The van der Waals surface area contributed by atoms with Crippen molar-refractivity contribution in [2.45, 2.75) is 26.2 Å². The van der Waals surface area contributed by atoms with Crippen LogP contribution in [0.3, 0.4) is 0 Å². The zero-order valence-electron chi connectivity index (χ0n) is 15.8. The Balaban J connectivity index is 1.41. The van der Waals surface area contributed by atoms with Crippen LogP contribution >= 0.6 is 0 Å². The van der Waals surface area contributed by atoms with Crippen LogP contribution in [0.5, 0.6) is 0 Å². The Morgan fingerprint density at radius 2 is 1.18 bits per heavy atom. The zero-order valence-corrected chi connectivity index (χ0v) is 15.8. The van der Waals surface area contributed by atoms with Crippen molar-refractivity contribution in [2.24, 2.45) is 0 Å². The molecule has 0 saturated carbocycles. The lowest BCUT2D eigenvalue weighted by Gasteiger charge is -2.06. The zero-order chi connectivity index (χ0) is 19.2. The average molecular weight is 367 g/mol. The van der Waals surface area contributed by atoms with Crippen molar-refractivity contribution < 1.29 is 0 Å². The largest absolute Gasteiger partial charge is 0.251 e. The highest BCUT2D eigenvalue weighted by Crippen LogP contribution is 2.17. The molecule has 0 aliphatic heterocycles. The Morgan fingerprint density at radius 1 is 0.607 bits per heavy atom. The van der Waals surface area contributed by atoms with Crippen LogP contribution in [-0.2, 0) is 12.8 Å². The minimum absolute atomic E-state index is 0.657. The standard InChI is InChI=1S/C23H21N5/c1-17-7-2-12-20(26-17)21-13-4-10-18(27-21)8-3-9-19-11-5-14-22(28-19)23-24-15-6-16-25-23/h2,4-7,10-16H,3,8-9H2,1H3. The lowest BCUT2D eigenvalue weighted by Crippen LogP contribution is -1.98. The predicted molar refractivity (Wildman–Crippen MR) is 109 cm³/mol. The molecule has 0 aromatic carbocycles. The molecule has 0 N–H and O–H groups in total. The minimum Gasteiger partial charge on any atom is -0.251 e. The lowest BCUT2D eigenvalue weighted by atomic mass is 10.1. The van der Waals surface area contributed by atoms with E-state index in [0.29, 0.717) is 5.82 Å². The van der Waals surface area contributed by atoms with Crippen LogP contribution in [0.25, 0.3) is 22.9 Å². The summed E-state index contributed by atoms with van der Waals surface area (Å²) in [5.41, 5.74) is 5.76. The van der Waals surface area contributed by atoms with Gasteiger partial charge < -0.3 is 0 Å². The van der Waals surface area contributed by atoms with E-state index in [4.69, 9.17) is 9.97 Å². The molecular weight excluding hydrogens is 346 g/mol. The number of nitrogens with zero attached hydrogens (tertiary/aromatic N) is 5. The normalized spacial score (nSPS) is 10.8. The summed E-state index contributed by atoms with van der Waals surface area (Å²) in [6, 6.07) is 19.9. The van der Waals surface area contributed by atoms with Gasteiger partial charge in [-0.15, -0.1) is 0 Å². The molecule has 4 aromatic rings. The highest BCUT2D eigenvalue weighted by molar-refractivity contribution is 5.54. The summed E-state index contributed by atoms with van der Waals surface area (Å²) in [5.74, 6) is 0.657. The van der Waals surface area contributed by atoms with Crippen LogP contribution in [0.15, 0.2) is 73.1 Å². The minimum atomic E-state index is 0.657. The fourth-order valence-corrected chi connectivity index (χ4v) is 3.07. The molecule has 0 aliphatic rings. The first kappa shape index (κ1) is 17.9. The van der Waals surface area contributed by atoms with Crippen molar-refractivity contribution >= 4 is 0 Å². The van der Waals surface area contributed by atoms with Crippen molar-refractivity contribution in [1.29, 1.82) is 0 Å². The van der Waals surface area contributed by atoms with Crippen LogP contribution in [-0.4, -0.2) is 24.9 Å². The average Bonchev–Trinajstić information content (AvgIpc) is 2.75. The van der Waals surface area contributed by atoms with Gasteiger partial charge in [0.1, 0.15) is 5.69 Å². The highest BCUT2D eigenvalue weighted by Gasteiger charge is 2.05. The van der Waals surface area contributed by atoms with E-state index in [1.807, 2.05) is 55.5 Å². The molecule has 0 atom stereocenters. The summed E-state index contributed by atoms with van der Waals surface area (Å²) in [7, 11) is 0. The van der Waals surface area contributed by atoms with Gasteiger partial charge in [0.25, 0.3) is 0 Å². The second-order valence-electron chi connectivity index (χ2n) is 6.62. The molecule has 0 aliphatic carbocycles. The summed E-state index contributed by atoms with van der Waals surface area (Å²) >= 11 is 0. The quantitative estimate of drug-likeness (QED) is 0.503. The van der Waals surface area contributed by atoms with Gasteiger partial charge in [-0.1, -0.05) is 18.2 Å². The molecule has 4 aromatic heterocycles. The third kappa shape index (κ3) is 4.43. The van der Waals surface area contributed by atoms with E-state index in [-0.39, 0.29) is 0 Å². The predicted octanol–water partition coefficient (Wildman–Crippen LogP) is 4.48. The number of rotatable bonds is 6. The van der Waals surface area contributed by atoms with E-state index in [0.717, 1.165) is 53.4 Å². The van der Waals surface area contributed by atoms with E-state index < -0.39 is 0 Å². The van der Waals surface area contributed by atoms with Gasteiger partial charge in [0, 0.05) is 29.5 Å². The van der Waals surface area contributed by atoms with Crippen LogP contribution in [0.4, 0.5) is 0 Å². The highest BCUT2D eigenvalue weighted by atomic mass is 14.9. The molecule has 0 radical (unpaired) electrons. The van der Waals surface area contributed by atoms with Crippen LogP contribution < -0.4 is 0 Å². The number of hydrogen-bond acceptors (Lipinski definition) is 5. The number of pyridine rings is 3. The van der Waals surface area contributed by atoms with Crippen LogP contribution in [0, 0.1) is 6.92 Å². The smallest absolute Gasteiger partial charge is 0.178 e. The molecule has 5 nitrogen and oxygen atoms in total. The molecule has 0 fully saturated rings. The van der Waals surface area contributed by atoms with Crippen LogP contribution in [0.2, 0.25) is 0 Å². The van der Waals surface area contributed by atoms with Gasteiger partial charge in [0.15, 0.2) is 5.82 Å². The molecule has 0 amide bonds. The van der Waals surface area contributed by atoms with E-state index in [9.17, 15) is 0 Å². The van der Waals surface area contributed by atoms with Crippen molar-refractivity contribution in [1.82, 2.24) is 24.9 Å². The maximum Gasteiger partial charge on any atom is 0.178 e. The Hall–Kier alpha value is -3.47. The second-order valence-corrected chi connectivity index (χ2v) is 6.62. The van der Waals surface area contributed by atoms with Gasteiger partial charge in [-0.05, 0) is 68.7 Å². The SMILES string of the molecule is Cc1cccc(-c2cccc(CCCc3cccc(-c4ncccn4)n3)n2)n1. The van der Waals surface area contributed by atoms with Crippen molar-refractivity contribution in [3.63, 3.8) is 0 Å². The van der Waals surface area contributed by atoms with E-state index in [1.165, 1.54) is 0 Å². The third-order valence-electron chi connectivity index (χ3n) is 4.42. The monoisotopic (exact) mass is 367 g/mol. The van der Waals surface area contributed by atoms with Gasteiger partial charge in [0.2, 0.25) is 0 Å². The van der Waals surface area contributed by atoms with E-state index in [2.05, 4.69) is 21.0 Å². The summed E-state index contributed by atoms with van der Waals surface area (Å²) in [6.45, 7) is 1.99. The second kappa shape index (κ2) is 8.48. The Bertz CT molecular complexity index is 1060. The van der Waals surface area contributed by atoms with Crippen molar-refractivity contribution in [3.8, 4) is 22.9 Å². The van der Waals surface area contributed by atoms with Gasteiger partial charge in [-0.3, -0.25) is 9.97 Å². The van der Waals surface area contributed by atoms with E-state index in [1.54, 1.807) is 18.5 Å². The summed E-state index contributed by atoms with van der Waals surface area (Å²) in [5, 5.41) is 0. The molecule has 138 valence electrons. The fraction of sp³-hybridized carbons (Fsp3) is 0.174. The molecule has 0 bridgehead atoms. The Morgan fingerprint density at radius 3 is 1.86 bits per heavy atom. The molecule has 4 heterocycles. The maximum atomic E-state index is 4.78. The first-order valence-corrected chi connectivity index (χ1v) is 9.41. The molecule has 0 saturated heterocycles. The van der Waals surface area contributed by atoms with Gasteiger partial charge in [-0.25, -0.2) is 15.0 Å². The first-order valence-electron chi connectivity index (χ1n) is 9.41. The topological polar surface area (TPSA) is 64.5 Å². The molecule has 28 heavy (non-hydrogen) atoms. The molecular formula is C23H21N5. The van der Waals surface area contributed by atoms with Gasteiger partial charge in [-0.2, -0.15) is 0 Å². The van der Waals surface area contributed by atoms with Crippen molar-refractivity contribution in [3.05, 3.63) is 90.1 Å². The summed E-state index contributed by atoms with van der Waals surface area (Å²) in [6.07, 6.45) is 6.23. The van der Waals surface area contributed by atoms with Crippen LogP contribution in [0.1, 0.15) is 23.5 Å². The fourth-order valence-electron chi connectivity index (χ4n) is 3.07. The van der Waals surface area contributed by atoms with E-state index >= 15 is 0 Å². The lowest BCUT2D eigenvalue weighted by molar-refractivity contribution is 0.782. The molecule has 5 heteroatoms. The molecule has 0 spiro atoms.